The minimum Gasteiger partial charge on any atom is -0.492 e. The molecule has 1 unspecified atom stereocenters. The lowest BCUT2D eigenvalue weighted by molar-refractivity contribution is -0.140. The molecule has 4 aromatic carbocycles. The molecule has 0 radical (unpaired) electrons. The molecule has 0 fully saturated rings. The largest absolute Gasteiger partial charge is 0.492 e. The number of hydrogen-bond donors (Lipinski definition) is 1. The van der Waals surface area contributed by atoms with Crippen LogP contribution in [0.1, 0.15) is 43.4 Å². The zero-order valence-corrected chi connectivity index (χ0v) is 27.6. The standard InChI is InChI=1S/C37H43N3O5S/c1-4-6-25-38-37(42)34(26-30-15-9-7-10-16-30)39(27-31-17-11-8-12-18-31)36(41)28-40(33-19-13-14-20-35(33)45-5-2)46(43,44)32-23-21-29(3)22-24-32/h7-24,34H,4-6,25-28H2,1-3H3,(H,38,42). The number of rotatable bonds is 16. The molecule has 0 saturated heterocycles. The molecule has 0 aliphatic carbocycles. The Kier molecular flexibility index (Phi) is 12.4. The van der Waals surface area contributed by atoms with E-state index in [-0.39, 0.29) is 29.5 Å². The van der Waals surface area contributed by atoms with Gasteiger partial charge in [-0.25, -0.2) is 8.42 Å². The third-order valence-electron chi connectivity index (χ3n) is 7.62. The minimum atomic E-state index is -4.23. The Morgan fingerprint density at radius 2 is 1.41 bits per heavy atom. The van der Waals surface area contributed by atoms with E-state index in [4.69, 9.17) is 4.74 Å². The highest BCUT2D eigenvalue weighted by Crippen LogP contribution is 2.33. The summed E-state index contributed by atoms with van der Waals surface area (Å²) in [5.74, 6) is -0.470. The molecule has 46 heavy (non-hydrogen) atoms. The van der Waals surface area contributed by atoms with Crippen molar-refractivity contribution in [1.82, 2.24) is 10.2 Å². The van der Waals surface area contributed by atoms with Gasteiger partial charge in [0.1, 0.15) is 18.3 Å². The fourth-order valence-electron chi connectivity index (χ4n) is 5.13. The van der Waals surface area contributed by atoms with Gasteiger partial charge in [-0.2, -0.15) is 0 Å². The van der Waals surface area contributed by atoms with E-state index in [1.54, 1.807) is 36.4 Å². The maximum atomic E-state index is 14.6. The summed E-state index contributed by atoms with van der Waals surface area (Å²) < 4.78 is 35.5. The number of nitrogens with zero attached hydrogens (tertiary/aromatic N) is 2. The topological polar surface area (TPSA) is 96.0 Å². The molecule has 8 nitrogen and oxygen atoms in total. The maximum Gasteiger partial charge on any atom is 0.264 e. The number of carbonyl (C=O) groups excluding carboxylic acids is 2. The number of nitrogens with one attached hydrogen (secondary N) is 1. The molecule has 4 aromatic rings. The quantitative estimate of drug-likeness (QED) is 0.148. The SMILES string of the molecule is CCCCNC(=O)C(Cc1ccccc1)N(Cc1ccccc1)C(=O)CN(c1ccccc1OCC)S(=O)(=O)c1ccc(C)cc1. The molecule has 0 bridgehead atoms. The van der Waals surface area contributed by atoms with Crippen molar-refractivity contribution in [3.05, 3.63) is 126 Å². The summed E-state index contributed by atoms with van der Waals surface area (Å²) in [7, 11) is -4.23. The molecule has 0 aromatic heterocycles. The molecular weight excluding hydrogens is 598 g/mol. The second-order valence-corrected chi connectivity index (χ2v) is 12.9. The van der Waals surface area contributed by atoms with Gasteiger partial charge in [-0.1, -0.05) is 104 Å². The average molecular weight is 642 g/mol. The highest BCUT2D eigenvalue weighted by Gasteiger charge is 2.35. The summed E-state index contributed by atoms with van der Waals surface area (Å²) in [4.78, 5) is 30.0. The Morgan fingerprint density at radius 3 is 2.04 bits per heavy atom. The van der Waals surface area contributed by atoms with Crippen molar-refractivity contribution in [1.29, 1.82) is 0 Å². The van der Waals surface area contributed by atoms with Crippen LogP contribution in [0.15, 0.2) is 114 Å². The van der Waals surface area contributed by atoms with Crippen LogP contribution in [0.4, 0.5) is 5.69 Å². The molecule has 2 amide bonds. The first-order chi connectivity index (χ1) is 22.2. The molecule has 0 aliphatic rings. The van der Waals surface area contributed by atoms with Gasteiger partial charge in [0.15, 0.2) is 0 Å². The molecule has 0 heterocycles. The van der Waals surface area contributed by atoms with Crippen molar-refractivity contribution in [2.24, 2.45) is 0 Å². The van der Waals surface area contributed by atoms with Crippen LogP contribution in [0.3, 0.4) is 0 Å². The third-order valence-corrected chi connectivity index (χ3v) is 9.39. The number of aryl methyl sites for hydroxylation is 1. The van der Waals surface area contributed by atoms with Gasteiger partial charge in [0.25, 0.3) is 10.0 Å². The van der Waals surface area contributed by atoms with Gasteiger partial charge in [-0.05, 0) is 55.7 Å². The van der Waals surface area contributed by atoms with Gasteiger partial charge >= 0.3 is 0 Å². The van der Waals surface area contributed by atoms with Crippen molar-refractivity contribution in [2.45, 2.75) is 57.5 Å². The molecule has 9 heteroatoms. The van der Waals surface area contributed by atoms with E-state index in [1.165, 1.54) is 17.0 Å². The highest BCUT2D eigenvalue weighted by molar-refractivity contribution is 7.92. The van der Waals surface area contributed by atoms with Crippen molar-refractivity contribution < 1.29 is 22.7 Å². The van der Waals surface area contributed by atoms with Crippen LogP contribution >= 0.6 is 0 Å². The number of benzene rings is 4. The number of ether oxygens (including phenoxy) is 1. The first kappa shape index (κ1) is 34.2. The second kappa shape index (κ2) is 16.6. The third kappa shape index (κ3) is 8.97. The molecule has 1 N–H and O–H groups in total. The van der Waals surface area contributed by atoms with E-state index < -0.39 is 28.5 Å². The Labute approximate surface area is 273 Å². The lowest BCUT2D eigenvalue weighted by atomic mass is 10.0. The van der Waals surface area contributed by atoms with Gasteiger partial charge in [0.05, 0.1) is 17.2 Å². The van der Waals surface area contributed by atoms with E-state index in [0.29, 0.717) is 18.9 Å². The fourth-order valence-corrected chi connectivity index (χ4v) is 6.56. The predicted molar refractivity (Wildman–Crippen MR) is 182 cm³/mol. The second-order valence-electron chi connectivity index (χ2n) is 11.1. The molecule has 0 spiro atoms. The Bertz CT molecular complexity index is 1660. The summed E-state index contributed by atoms with van der Waals surface area (Å²) in [6.45, 7) is 6.09. The number of sulfonamides is 1. The van der Waals surface area contributed by atoms with Crippen LogP contribution in [0.5, 0.6) is 5.75 Å². The first-order valence-electron chi connectivity index (χ1n) is 15.7. The Hall–Kier alpha value is -4.63. The maximum absolute atomic E-state index is 14.6. The van der Waals surface area contributed by atoms with Gasteiger partial charge in [-0.3, -0.25) is 13.9 Å². The minimum absolute atomic E-state index is 0.0463. The van der Waals surface area contributed by atoms with Crippen molar-refractivity contribution in [3.8, 4) is 5.75 Å². The lowest BCUT2D eigenvalue weighted by Gasteiger charge is -2.34. The summed E-state index contributed by atoms with van der Waals surface area (Å²) in [5, 5.41) is 3.01. The van der Waals surface area contributed by atoms with E-state index in [2.05, 4.69) is 5.32 Å². The van der Waals surface area contributed by atoms with Crippen LogP contribution in [0.25, 0.3) is 0 Å². The fraction of sp³-hybridized carbons (Fsp3) is 0.297. The summed E-state index contributed by atoms with van der Waals surface area (Å²) in [6.07, 6.45) is 1.96. The summed E-state index contributed by atoms with van der Waals surface area (Å²) in [6, 6.07) is 31.3. The molecule has 0 aliphatic heterocycles. The molecule has 242 valence electrons. The number of carbonyl (C=O) groups is 2. The number of hydrogen-bond acceptors (Lipinski definition) is 5. The first-order valence-corrected chi connectivity index (χ1v) is 17.1. The molecule has 4 rings (SSSR count). The normalized spacial score (nSPS) is 11.8. The number of amides is 2. The van der Waals surface area contributed by atoms with Gasteiger partial charge in [0, 0.05) is 19.5 Å². The zero-order chi connectivity index (χ0) is 32.9. The van der Waals surface area contributed by atoms with Crippen LogP contribution < -0.4 is 14.4 Å². The lowest BCUT2D eigenvalue weighted by Crippen LogP contribution is -2.53. The van der Waals surface area contributed by atoms with Crippen LogP contribution in [0, 0.1) is 6.92 Å². The summed E-state index contributed by atoms with van der Waals surface area (Å²) in [5.41, 5.74) is 2.85. The van der Waals surface area contributed by atoms with Crippen LogP contribution in [-0.4, -0.2) is 50.9 Å². The average Bonchev–Trinajstić information content (AvgIpc) is 3.07. The monoisotopic (exact) mass is 641 g/mol. The van der Waals surface area contributed by atoms with E-state index in [1.807, 2.05) is 81.4 Å². The van der Waals surface area contributed by atoms with Crippen molar-refractivity contribution >= 4 is 27.5 Å². The Balaban J connectivity index is 1.81. The zero-order valence-electron chi connectivity index (χ0n) is 26.8. The number of para-hydroxylation sites is 2. The van der Waals surface area contributed by atoms with E-state index >= 15 is 0 Å². The molecule has 1 atom stereocenters. The van der Waals surface area contributed by atoms with Crippen molar-refractivity contribution in [3.63, 3.8) is 0 Å². The van der Waals surface area contributed by atoms with Gasteiger partial charge < -0.3 is 15.0 Å². The van der Waals surface area contributed by atoms with E-state index in [0.717, 1.165) is 33.8 Å². The van der Waals surface area contributed by atoms with E-state index in [9.17, 15) is 18.0 Å². The molecule has 0 saturated carbocycles. The molecular formula is C37H43N3O5S. The van der Waals surface area contributed by atoms with Gasteiger partial charge in [-0.15, -0.1) is 0 Å². The Morgan fingerprint density at radius 1 is 0.804 bits per heavy atom. The van der Waals surface area contributed by atoms with Gasteiger partial charge in [0.2, 0.25) is 11.8 Å². The highest BCUT2D eigenvalue weighted by atomic mass is 32.2. The van der Waals surface area contributed by atoms with Crippen LogP contribution in [-0.2, 0) is 32.6 Å². The predicted octanol–water partition coefficient (Wildman–Crippen LogP) is 6.15. The number of anilines is 1. The van der Waals surface area contributed by atoms with Crippen LogP contribution in [0.2, 0.25) is 0 Å². The smallest absolute Gasteiger partial charge is 0.264 e. The summed E-state index contributed by atoms with van der Waals surface area (Å²) >= 11 is 0. The number of unbranched alkanes of at least 4 members (excludes halogenated alkanes) is 1. The van der Waals surface area contributed by atoms with Crippen molar-refractivity contribution in [2.75, 3.05) is 24.0 Å².